The van der Waals surface area contributed by atoms with E-state index < -0.39 is 0 Å². The van der Waals surface area contributed by atoms with Crippen molar-refractivity contribution in [3.8, 4) is 0 Å². The maximum Gasteiger partial charge on any atom is -0.0283 e. The van der Waals surface area contributed by atoms with E-state index in [9.17, 15) is 0 Å². The highest BCUT2D eigenvalue weighted by atomic mass is 14.1. The summed E-state index contributed by atoms with van der Waals surface area (Å²) in [5.74, 6) is 0.833. The third-order valence-electron chi connectivity index (χ3n) is 2.44. The molecule has 0 heterocycles. The number of allylic oxidation sites excluding steroid dienone is 3. The second kappa shape index (κ2) is 5.18. The zero-order valence-corrected chi connectivity index (χ0v) is 8.18. The molecule has 0 aromatic carbocycles. The van der Waals surface area contributed by atoms with Crippen LogP contribution in [-0.2, 0) is 0 Å². The predicted octanol–water partition coefficient (Wildman–Crippen LogP) is 4.09. The highest BCUT2D eigenvalue weighted by Gasteiger charge is 2.09. The number of hydrogen-bond acceptors (Lipinski definition) is 0. The Morgan fingerprint density at radius 2 is 2.25 bits per heavy atom. The van der Waals surface area contributed by atoms with Crippen LogP contribution in [0.4, 0.5) is 0 Å². The third-order valence-corrected chi connectivity index (χ3v) is 2.44. The first-order valence-electron chi connectivity index (χ1n) is 5.11. The van der Waals surface area contributed by atoms with E-state index >= 15 is 0 Å². The molecule has 12 heavy (non-hydrogen) atoms. The Bertz CT molecular complexity index is 159. The molecule has 0 heteroatoms. The van der Waals surface area contributed by atoms with Gasteiger partial charge in [-0.2, -0.15) is 0 Å². The van der Waals surface area contributed by atoms with Crippen molar-refractivity contribution in [1.29, 1.82) is 0 Å². The number of rotatable bonds is 6. The summed E-state index contributed by atoms with van der Waals surface area (Å²) in [5.41, 5.74) is 1.69. The molecule has 1 aliphatic rings. The second-order valence-electron chi connectivity index (χ2n) is 3.92. The molecule has 0 radical (unpaired) electrons. The van der Waals surface area contributed by atoms with Gasteiger partial charge >= 0.3 is 0 Å². The summed E-state index contributed by atoms with van der Waals surface area (Å²) in [4.78, 5) is 0. The van der Waals surface area contributed by atoms with E-state index in [1.165, 1.54) is 38.5 Å². The molecule has 1 saturated carbocycles. The molecule has 0 aromatic heterocycles. The van der Waals surface area contributed by atoms with Crippen LogP contribution in [0.2, 0.25) is 0 Å². The first-order valence-corrected chi connectivity index (χ1v) is 5.11. The average molecular weight is 164 g/mol. The molecule has 1 unspecified atom stereocenters. The minimum atomic E-state index is 0.833. The van der Waals surface area contributed by atoms with E-state index in [1.807, 2.05) is 6.08 Å². The summed E-state index contributed by atoms with van der Waals surface area (Å²) in [5, 5.41) is 0. The molecule has 0 nitrogen and oxygen atoms in total. The van der Waals surface area contributed by atoms with E-state index in [4.69, 9.17) is 0 Å². The standard InChI is InChI=1S/C12H20/c1-3-6-11(2)7-4-5-8-12-9-10-12/h3,8,11H,1,4-7,9-10H2,2H3. The van der Waals surface area contributed by atoms with Crippen molar-refractivity contribution < 1.29 is 0 Å². The average Bonchev–Trinajstić information content (AvgIpc) is 2.82. The molecule has 1 atom stereocenters. The molecule has 1 aliphatic carbocycles. The molecule has 68 valence electrons. The van der Waals surface area contributed by atoms with Gasteiger partial charge in [-0.15, -0.1) is 6.58 Å². The molecular weight excluding hydrogens is 144 g/mol. The summed E-state index contributed by atoms with van der Waals surface area (Å²) in [6.07, 6.45) is 12.4. The van der Waals surface area contributed by atoms with E-state index in [2.05, 4.69) is 19.6 Å². The Balaban J connectivity index is 1.93. The van der Waals surface area contributed by atoms with E-state index in [1.54, 1.807) is 5.57 Å². The molecular formula is C12H20. The minimum Gasteiger partial charge on any atom is -0.103 e. The van der Waals surface area contributed by atoms with E-state index in [-0.39, 0.29) is 0 Å². The lowest BCUT2D eigenvalue weighted by Gasteiger charge is -2.05. The van der Waals surface area contributed by atoms with Crippen molar-refractivity contribution in [2.45, 2.75) is 45.4 Å². The van der Waals surface area contributed by atoms with Gasteiger partial charge in [0.15, 0.2) is 0 Å². The fourth-order valence-electron chi connectivity index (χ4n) is 1.45. The fraction of sp³-hybridized carbons (Fsp3) is 0.667. The lowest BCUT2D eigenvalue weighted by Crippen LogP contribution is -1.91. The smallest absolute Gasteiger partial charge is 0.0283 e. The van der Waals surface area contributed by atoms with Gasteiger partial charge in [-0.1, -0.05) is 31.1 Å². The Hall–Kier alpha value is -0.520. The topological polar surface area (TPSA) is 0 Å². The van der Waals surface area contributed by atoms with Gasteiger partial charge in [-0.05, 0) is 38.0 Å². The molecule has 0 saturated heterocycles. The minimum absolute atomic E-state index is 0.833. The van der Waals surface area contributed by atoms with Crippen molar-refractivity contribution in [3.63, 3.8) is 0 Å². The van der Waals surface area contributed by atoms with Crippen molar-refractivity contribution in [2.24, 2.45) is 5.92 Å². The molecule has 1 fully saturated rings. The van der Waals surface area contributed by atoms with Crippen molar-refractivity contribution in [2.75, 3.05) is 0 Å². The zero-order valence-electron chi connectivity index (χ0n) is 8.18. The van der Waals surface area contributed by atoms with Crippen LogP contribution in [0, 0.1) is 5.92 Å². The van der Waals surface area contributed by atoms with Crippen LogP contribution in [-0.4, -0.2) is 0 Å². The third kappa shape index (κ3) is 4.38. The first-order chi connectivity index (χ1) is 5.83. The van der Waals surface area contributed by atoms with Crippen LogP contribution in [0.1, 0.15) is 45.4 Å². The van der Waals surface area contributed by atoms with E-state index in [0.29, 0.717) is 0 Å². The summed E-state index contributed by atoms with van der Waals surface area (Å²) < 4.78 is 0. The van der Waals surface area contributed by atoms with Crippen LogP contribution in [0.15, 0.2) is 24.3 Å². The van der Waals surface area contributed by atoms with Gasteiger partial charge in [0.1, 0.15) is 0 Å². The molecule has 0 aromatic rings. The Labute approximate surface area is 76.4 Å². The Morgan fingerprint density at radius 3 is 2.83 bits per heavy atom. The number of hydrogen-bond donors (Lipinski definition) is 0. The Morgan fingerprint density at radius 1 is 1.50 bits per heavy atom. The molecule has 0 amide bonds. The van der Waals surface area contributed by atoms with Gasteiger partial charge in [-0.25, -0.2) is 0 Å². The second-order valence-corrected chi connectivity index (χ2v) is 3.92. The van der Waals surface area contributed by atoms with Crippen molar-refractivity contribution in [1.82, 2.24) is 0 Å². The first kappa shape index (κ1) is 9.57. The number of unbranched alkanes of at least 4 members (excludes halogenated alkanes) is 1. The SMILES string of the molecule is C=CCC(C)CCCC=C1CC1. The lowest BCUT2D eigenvalue weighted by atomic mass is 10.0. The van der Waals surface area contributed by atoms with Crippen LogP contribution in [0.25, 0.3) is 0 Å². The summed E-state index contributed by atoms with van der Waals surface area (Å²) in [7, 11) is 0. The van der Waals surface area contributed by atoms with Gasteiger partial charge < -0.3 is 0 Å². The summed E-state index contributed by atoms with van der Waals surface area (Å²) in [6, 6.07) is 0. The van der Waals surface area contributed by atoms with E-state index in [0.717, 1.165) is 5.92 Å². The summed E-state index contributed by atoms with van der Waals surface area (Å²) >= 11 is 0. The van der Waals surface area contributed by atoms with Crippen molar-refractivity contribution in [3.05, 3.63) is 24.3 Å². The fourth-order valence-corrected chi connectivity index (χ4v) is 1.45. The van der Waals surface area contributed by atoms with Crippen LogP contribution in [0.5, 0.6) is 0 Å². The van der Waals surface area contributed by atoms with Gasteiger partial charge in [0.2, 0.25) is 0 Å². The van der Waals surface area contributed by atoms with Crippen LogP contribution < -0.4 is 0 Å². The summed E-state index contributed by atoms with van der Waals surface area (Å²) in [6.45, 7) is 6.07. The monoisotopic (exact) mass is 164 g/mol. The van der Waals surface area contributed by atoms with Crippen molar-refractivity contribution >= 4 is 0 Å². The quantitative estimate of drug-likeness (QED) is 0.410. The maximum atomic E-state index is 3.76. The van der Waals surface area contributed by atoms with Crippen LogP contribution >= 0.6 is 0 Å². The molecule has 0 spiro atoms. The molecule has 0 bridgehead atoms. The normalized spacial score (nSPS) is 17.2. The lowest BCUT2D eigenvalue weighted by molar-refractivity contribution is 0.520. The zero-order chi connectivity index (χ0) is 8.81. The van der Waals surface area contributed by atoms with Gasteiger partial charge in [0.05, 0.1) is 0 Å². The highest BCUT2D eigenvalue weighted by molar-refractivity contribution is 5.15. The molecule has 0 N–H and O–H groups in total. The van der Waals surface area contributed by atoms with Gasteiger partial charge in [-0.3, -0.25) is 0 Å². The maximum absolute atomic E-state index is 3.76. The van der Waals surface area contributed by atoms with Gasteiger partial charge in [0.25, 0.3) is 0 Å². The molecule has 0 aliphatic heterocycles. The highest BCUT2D eigenvalue weighted by Crippen LogP contribution is 2.28. The largest absolute Gasteiger partial charge is 0.103 e. The Kier molecular flexibility index (Phi) is 4.13. The predicted molar refractivity (Wildman–Crippen MR) is 55.1 cm³/mol. The molecule has 1 rings (SSSR count). The van der Waals surface area contributed by atoms with Gasteiger partial charge in [0, 0.05) is 0 Å². The van der Waals surface area contributed by atoms with Crippen LogP contribution in [0.3, 0.4) is 0 Å².